The van der Waals surface area contributed by atoms with Gasteiger partial charge in [0.05, 0.1) is 0 Å². The Morgan fingerprint density at radius 1 is 1.40 bits per heavy atom. The van der Waals surface area contributed by atoms with Gasteiger partial charge in [-0.2, -0.15) is 12.6 Å². The maximum atomic E-state index is 12.2. The summed E-state index contributed by atoms with van der Waals surface area (Å²) in [6.45, 7) is 0. The van der Waals surface area contributed by atoms with E-state index >= 15 is 0 Å². The normalized spacial score (nSPS) is 21.9. The van der Waals surface area contributed by atoms with Crippen molar-refractivity contribution in [2.24, 2.45) is 0 Å². The highest BCUT2D eigenvalue weighted by atomic mass is 32.2. The summed E-state index contributed by atoms with van der Waals surface area (Å²) in [5, 5.41) is 18.7. The van der Waals surface area contributed by atoms with E-state index in [1.54, 1.807) is 18.2 Å². The SMILES string of the molecule is O=C(O)[C@H]1CS[C@@H](c2ccccc2O)N1C(=O)CCS. The van der Waals surface area contributed by atoms with Gasteiger partial charge in [-0.3, -0.25) is 4.79 Å². The number of phenols is 1. The lowest BCUT2D eigenvalue weighted by molar-refractivity contribution is -0.149. The Morgan fingerprint density at radius 2 is 2.10 bits per heavy atom. The zero-order valence-corrected chi connectivity index (χ0v) is 12.3. The van der Waals surface area contributed by atoms with Crippen molar-refractivity contribution in [3.05, 3.63) is 29.8 Å². The summed E-state index contributed by atoms with van der Waals surface area (Å²) < 4.78 is 0. The summed E-state index contributed by atoms with van der Waals surface area (Å²) in [5.74, 6) is -0.541. The van der Waals surface area contributed by atoms with Crippen LogP contribution in [-0.2, 0) is 9.59 Å². The lowest BCUT2D eigenvalue weighted by Gasteiger charge is -2.27. The van der Waals surface area contributed by atoms with Crippen LogP contribution in [0.4, 0.5) is 0 Å². The van der Waals surface area contributed by atoms with Crippen molar-refractivity contribution in [2.45, 2.75) is 17.8 Å². The molecule has 108 valence electrons. The van der Waals surface area contributed by atoms with Crippen molar-refractivity contribution in [3.8, 4) is 5.75 Å². The van der Waals surface area contributed by atoms with Crippen molar-refractivity contribution >= 4 is 36.3 Å². The Balaban J connectivity index is 2.34. The summed E-state index contributed by atoms with van der Waals surface area (Å²) in [7, 11) is 0. The van der Waals surface area contributed by atoms with E-state index in [1.807, 2.05) is 0 Å². The van der Waals surface area contributed by atoms with E-state index in [-0.39, 0.29) is 18.1 Å². The molecular weight excluding hydrogens is 298 g/mol. The number of thioether (sulfide) groups is 1. The van der Waals surface area contributed by atoms with Crippen molar-refractivity contribution in [2.75, 3.05) is 11.5 Å². The van der Waals surface area contributed by atoms with Crippen molar-refractivity contribution in [3.63, 3.8) is 0 Å². The molecular formula is C13H15NO4S2. The van der Waals surface area contributed by atoms with Crippen LogP contribution < -0.4 is 0 Å². The largest absolute Gasteiger partial charge is 0.508 e. The third-order valence-electron chi connectivity index (χ3n) is 3.10. The van der Waals surface area contributed by atoms with Gasteiger partial charge in [-0.1, -0.05) is 18.2 Å². The van der Waals surface area contributed by atoms with Crippen LogP contribution in [0, 0.1) is 0 Å². The highest BCUT2D eigenvalue weighted by Crippen LogP contribution is 2.44. The Kier molecular flexibility index (Phi) is 4.82. The minimum absolute atomic E-state index is 0.0692. The number of aromatic hydroxyl groups is 1. The number of benzene rings is 1. The molecule has 0 bridgehead atoms. The minimum atomic E-state index is -1.03. The topological polar surface area (TPSA) is 77.8 Å². The fourth-order valence-electron chi connectivity index (χ4n) is 2.16. The lowest BCUT2D eigenvalue weighted by Crippen LogP contribution is -2.43. The Bertz CT molecular complexity index is 523. The van der Waals surface area contributed by atoms with Crippen LogP contribution in [0.15, 0.2) is 24.3 Å². The highest BCUT2D eigenvalue weighted by Gasteiger charge is 2.42. The Morgan fingerprint density at radius 3 is 2.70 bits per heavy atom. The van der Waals surface area contributed by atoms with Crippen LogP contribution in [0.1, 0.15) is 17.4 Å². The first-order valence-electron chi connectivity index (χ1n) is 6.10. The smallest absolute Gasteiger partial charge is 0.327 e. The van der Waals surface area contributed by atoms with Crippen molar-refractivity contribution < 1.29 is 19.8 Å². The summed E-state index contributed by atoms with van der Waals surface area (Å²) in [6, 6.07) is 5.82. The molecule has 0 aromatic heterocycles. The summed E-state index contributed by atoms with van der Waals surface area (Å²) in [6.07, 6.45) is 0.178. The fraction of sp³-hybridized carbons (Fsp3) is 0.385. The molecule has 0 spiro atoms. The predicted octanol–water partition coefficient (Wildman–Crippen LogP) is 1.74. The zero-order chi connectivity index (χ0) is 14.7. The summed E-state index contributed by atoms with van der Waals surface area (Å²) >= 11 is 5.37. The van der Waals surface area contributed by atoms with Crippen LogP contribution in [0.25, 0.3) is 0 Å². The second kappa shape index (κ2) is 6.41. The molecule has 2 atom stereocenters. The molecule has 0 aliphatic carbocycles. The van der Waals surface area contributed by atoms with E-state index in [0.29, 0.717) is 17.1 Å². The number of hydrogen-bond donors (Lipinski definition) is 3. The molecule has 1 aromatic carbocycles. The van der Waals surface area contributed by atoms with E-state index < -0.39 is 17.4 Å². The number of rotatable bonds is 4. The quantitative estimate of drug-likeness (QED) is 0.738. The van der Waals surface area contributed by atoms with Crippen molar-refractivity contribution in [1.29, 1.82) is 0 Å². The molecule has 1 saturated heterocycles. The first-order valence-corrected chi connectivity index (χ1v) is 7.78. The Labute approximate surface area is 126 Å². The van der Waals surface area contributed by atoms with Gasteiger partial charge in [0.2, 0.25) is 5.91 Å². The van der Waals surface area contributed by atoms with Gasteiger partial charge in [-0.15, -0.1) is 11.8 Å². The zero-order valence-electron chi connectivity index (χ0n) is 10.6. The molecule has 2 N–H and O–H groups in total. The number of nitrogens with zero attached hydrogens (tertiary/aromatic N) is 1. The van der Waals surface area contributed by atoms with Crippen LogP contribution in [0.5, 0.6) is 5.75 Å². The summed E-state index contributed by atoms with van der Waals surface area (Å²) in [4.78, 5) is 24.8. The number of thiol groups is 1. The van der Waals surface area contributed by atoms with E-state index in [2.05, 4.69) is 12.6 Å². The second-order valence-corrected chi connectivity index (χ2v) is 5.93. The lowest BCUT2D eigenvalue weighted by atomic mass is 10.1. The fourth-order valence-corrected chi connectivity index (χ4v) is 3.82. The van der Waals surface area contributed by atoms with Crippen LogP contribution in [0.3, 0.4) is 0 Å². The number of carboxylic acid groups (broad SMARTS) is 1. The van der Waals surface area contributed by atoms with E-state index in [4.69, 9.17) is 0 Å². The molecule has 1 amide bonds. The van der Waals surface area contributed by atoms with Gasteiger partial charge in [-0.25, -0.2) is 4.79 Å². The maximum absolute atomic E-state index is 12.2. The van der Waals surface area contributed by atoms with Crippen molar-refractivity contribution in [1.82, 2.24) is 4.90 Å². The van der Waals surface area contributed by atoms with Gasteiger partial charge < -0.3 is 15.1 Å². The molecule has 1 fully saturated rings. The molecule has 20 heavy (non-hydrogen) atoms. The number of carbonyl (C=O) groups excluding carboxylic acids is 1. The molecule has 5 nitrogen and oxygen atoms in total. The molecule has 2 rings (SSSR count). The third-order valence-corrected chi connectivity index (χ3v) is 4.63. The van der Waals surface area contributed by atoms with Crippen LogP contribution >= 0.6 is 24.4 Å². The molecule has 1 aliphatic heterocycles. The highest BCUT2D eigenvalue weighted by molar-refractivity contribution is 7.99. The number of para-hydroxylation sites is 1. The number of hydrogen-bond acceptors (Lipinski definition) is 5. The second-order valence-electron chi connectivity index (χ2n) is 4.37. The first-order chi connectivity index (χ1) is 9.56. The van der Waals surface area contributed by atoms with Gasteiger partial charge in [0.25, 0.3) is 0 Å². The third kappa shape index (κ3) is 2.88. The molecule has 1 aromatic rings. The van der Waals surface area contributed by atoms with Gasteiger partial charge in [-0.05, 0) is 11.8 Å². The summed E-state index contributed by atoms with van der Waals surface area (Å²) in [5.41, 5.74) is 0.564. The molecule has 7 heteroatoms. The molecule has 0 unspecified atom stereocenters. The number of carbonyl (C=O) groups is 2. The first kappa shape index (κ1) is 15.1. The Hall–Kier alpha value is -1.34. The van der Waals surface area contributed by atoms with Gasteiger partial charge in [0.1, 0.15) is 17.2 Å². The number of phenolic OH excluding ortho intramolecular Hbond substituents is 1. The van der Waals surface area contributed by atoms with Gasteiger partial charge in [0.15, 0.2) is 0 Å². The van der Waals surface area contributed by atoms with Crippen LogP contribution in [-0.4, -0.2) is 44.5 Å². The molecule has 1 heterocycles. The number of aliphatic carboxylic acids is 1. The predicted molar refractivity (Wildman–Crippen MR) is 80.0 cm³/mol. The molecule has 0 radical (unpaired) electrons. The van der Waals surface area contributed by atoms with E-state index in [1.165, 1.54) is 22.7 Å². The van der Waals surface area contributed by atoms with E-state index in [0.717, 1.165) is 0 Å². The van der Waals surface area contributed by atoms with Crippen LogP contribution in [0.2, 0.25) is 0 Å². The average molecular weight is 313 g/mol. The molecule has 1 aliphatic rings. The van der Waals surface area contributed by atoms with E-state index in [9.17, 15) is 19.8 Å². The monoisotopic (exact) mass is 313 g/mol. The molecule has 0 saturated carbocycles. The maximum Gasteiger partial charge on any atom is 0.327 e. The number of carboxylic acids is 1. The average Bonchev–Trinajstić information content (AvgIpc) is 2.84. The van der Waals surface area contributed by atoms with Gasteiger partial charge in [0, 0.05) is 17.7 Å². The number of amides is 1. The van der Waals surface area contributed by atoms with Gasteiger partial charge >= 0.3 is 5.97 Å². The standard InChI is InChI=1S/C13H15NO4S2/c15-10-4-2-1-3-8(10)12-14(11(16)5-6-19)9(7-20-12)13(17)18/h1-4,9,12,15,19H,5-7H2,(H,17,18)/t9-,12+/m1/s1. The minimum Gasteiger partial charge on any atom is -0.508 e.